The fraction of sp³-hybridized carbons (Fsp3) is 0.542. The molecule has 0 bridgehead atoms. The van der Waals surface area contributed by atoms with Gasteiger partial charge < -0.3 is 14.5 Å². The molecule has 0 N–H and O–H groups in total. The monoisotopic (exact) mass is 492 g/mol. The zero-order valence-electron chi connectivity index (χ0n) is 19.4. The van der Waals surface area contributed by atoms with Crippen molar-refractivity contribution in [1.82, 2.24) is 9.88 Å². The van der Waals surface area contributed by atoms with Crippen LogP contribution in [0.1, 0.15) is 44.8 Å². The van der Waals surface area contributed by atoms with E-state index in [9.17, 15) is 18.0 Å². The van der Waals surface area contributed by atoms with Gasteiger partial charge in [-0.3, -0.25) is 4.79 Å². The molecular formula is C24H27F3N4O2S. The molecule has 6 nitrogen and oxygen atoms in total. The van der Waals surface area contributed by atoms with Gasteiger partial charge in [0.2, 0.25) is 0 Å². The smallest absolute Gasteiger partial charge is 0.381 e. The van der Waals surface area contributed by atoms with Gasteiger partial charge in [0.1, 0.15) is 4.88 Å². The number of anilines is 1. The topological polar surface area (TPSA) is 69.5 Å². The summed E-state index contributed by atoms with van der Waals surface area (Å²) in [7, 11) is 0. The lowest BCUT2D eigenvalue weighted by Crippen LogP contribution is -2.51. The molecule has 0 spiro atoms. The number of hydrogen-bond acceptors (Lipinski definition) is 6. The molecular weight excluding hydrogens is 465 g/mol. The number of aryl methyl sites for hydroxylation is 2. The van der Waals surface area contributed by atoms with Crippen molar-refractivity contribution in [2.75, 3.05) is 44.3 Å². The molecule has 4 rings (SSSR count). The lowest BCUT2D eigenvalue weighted by molar-refractivity contribution is -0.137. The molecule has 34 heavy (non-hydrogen) atoms. The molecule has 0 aliphatic carbocycles. The molecule has 2 saturated heterocycles. The summed E-state index contributed by atoms with van der Waals surface area (Å²) < 4.78 is 46.4. The van der Waals surface area contributed by atoms with E-state index in [4.69, 9.17) is 10.00 Å². The van der Waals surface area contributed by atoms with Crippen molar-refractivity contribution in [2.45, 2.75) is 33.4 Å². The van der Waals surface area contributed by atoms with E-state index in [1.807, 2.05) is 30.6 Å². The minimum Gasteiger partial charge on any atom is -0.381 e. The Balaban J connectivity index is 1.60. The number of halogens is 3. The van der Waals surface area contributed by atoms with E-state index in [2.05, 4.69) is 4.98 Å². The van der Waals surface area contributed by atoms with Gasteiger partial charge in [-0.05, 0) is 45.4 Å². The number of nitrogens with zero attached hydrogens (tertiary/aromatic N) is 4. The van der Waals surface area contributed by atoms with Crippen LogP contribution in [0.15, 0.2) is 18.2 Å². The second-order valence-electron chi connectivity index (χ2n) is 9.06. The first-order valence-electron chi connectivity index (χ1n) is 11.3. The Kier molecular flexibility index (Phi) is 6.62. The maximum absolute atomic E-state index is 13.5. The summed E-state index contributed by atoms with van der Waals surface area (Å²) in [6.07, 6.45) is -3.90. The van der Waals surface area contributed by atoms with Crippen LogP contribution in [0.4, 0.5) is 18.9 Å². The Labute approximate surface area is 200 Å². The number of aromatic nitrogens is 1. The predicted octanol–water partition coefficient (Wildman–Crippen LogP) is 4.66. The number of fused-ring (bicyclic) bond motifs is 1. The molecule has 2 atom stereocenters. The standard InChI is InChI=1S/C24H27F3N4O2S/c1-4-33-14-23-7-8-30(22(32)21-15(2)29-16(3)34-21)11-18(23)12-31(13-23)19-6-5-17(10-28)20(9-19)24(25,26)27/h5-6,9,18H,4,7-8,11-14H2,1-3H3/t18-,23+/m1/s1. The molecule has 3 heterocycles. The van der Waals surface area contributed by atoms with Gasteiger partial charge in [0.15, 0.2) is 0 Å². The highest BCUT2D eigenvalue weighted by Crippen LogP contribution is 2.46. The number of carbonyl (C=O) groups excluding carboxylic acids is 1. The van der Waals surface area contributed by atoms with Gasteiger partial charge in [-0.1, -0.05) is 0 Å². The highest BCUT2D eigenvalue weighted by molar-refractivity contribution is 7.13. The molecule has 182 valence electrons. The van der Waals surface area contributed by atoms with Crippen molar-refractivity contribution in [3.8, 4) is 6.07 Å². The summed E-state index contributed by atoms with van der Waals surface area (Å²) in [6.45, 7) is 8.80. The van der Waals surface area contributed by atoms with Crippen molar-refractivity contribution in [3.63, 3.8) is 0 Å². The number of likely N-dealkylation sites (tertiary alicyclic amines) is 1. The summed E-state index contributed by atoms with van der Waals surface area (Å²) in [5, 5.41) is 9.96. The second-order valence-corrected chi connectivity index (χ2v) is 10.3. The Bertz CT molecular complexity index is 1130. The number of nitriles is 1. The summed E-state index contributed by atoms with van der Waals surface area (Å²) in [4.78, 5) is 22.0. The zero-order valence-corrected chi connectivity index (χ0v) is 20.2. The first kappa shape index (κ1) is 24.5. The minimum atomic E-state index is -4.61. The lowest BCUT2D eigenvalue weighted by atomic mass is 9.73. The third-order valence-electron chi connectivity index (χ3n) is 6.91. The van der Waals surface area contributed by atoms with Crippen molar-refractivity contribution in [2.24, 2.45) is 11.3 Å². The van der Waals surface area contributed by atoms with Gasteiger partial charge in [-0.2, -0.15) is 18.4 Å². The van der Waals surface area contributed by atoms with Gasteiger partial charge in [0, 0.05) is 49.8 Å². The Morgan fingerprint density at radius 3 is 2.74 bits per heavy atom. The van der Waals surface area contributed by atoms with Gasteiger partial charge in [-0.25, -0.2) is 4.98 Å². The molecule has 0 saturated carbocycles. The van der Waals surface area contributed by atoms with Crippen LogP contribution in [0.2, 0.25) is 0 Å². The third-order valence-corrected chi connectivity index (χ3v) is 7.97. The summed E-state index contributed by atoms with van der Waals surface area (Å²) in [5.41, 5.74) is -0.400. The fourth-order valence-electron chi connectivity index (χ4n) is 5.14. The SMILES string of the molecule is CCOC[C@@]12CCN(C(=O)c3sc(C)nc3C)C[C@@H]1CN(c1ccc(C#N)c(C(F)(F)F)c1)C2. The van der Waals surface area contributed by atoms with E-state index in [1.165, 1.54) is 17.4 Å². The van der Waals surface area contributed by atoms with E-state index >= 15 is 0 Å². The van der Waals surface area contributed by atoms with Crippen LogP contribution in [0.3, 0.4) is 0 Å². The molecule has 2 aromatic rings. The average molecular weight is 493 g/mol. The molecule has 2 aliphatic heterocycles. The molecule has 2 fully saturated rings. The molecule has 0 radical (unpaired) electrons. The highest BCUT2D eigenvalue weighted by atomic mass is 32.1. The molecule has 2 aliphatic rings. The predicted molar refractivity (Wildman–Crippen MR) is 123 cm³/mol. The van der Waals surface area contributed by atoms with E-state index in [1.54, 1.807) is 12.1 Å². The Morgan fingerprint density at radius 2 is 2.12 bits per heavy atom. The third kappa shape index (κ3) is 4.51. The van der Waals surface area contributed by atoms with Gasteiger partial charge in [0.05, 0.1) is 34.5 Å². The minimum absolute atomic E-state index is 0.0377. The maximum Gasteiger partial charge on any atom is 0.417 e. The lowest BCUT2D eigenvalue weighted by Gasteiger charge is -2.43. The zero-order chi connectivity index (χ0) is 24.7. The van der Waals surface area contributed by atoms with Crippen LogP contribution in [-0.2, 0) is 10.9 Å². The number of benzene rings is 1. The van der Waals surface area contributed by atoms with Crippen LogP contribution in [0, 0.1) is 36.5 Å². The average Bonchev–Trinajstić information content (AvgIpc) is 3.35. The largest absolute Gasteiger partial charge is 0.417 e. The van der Waals surface area contributed by atoms with Crippen LogP contribution in [0.5, 0.6) is 0 Å². The first-order valence-corrected chi connectivity index (χ1v) is 12.1. The van der Waals surface area contributed by atoms with Crippen molar-refractivity contribution < 1.29 is 22.7 Å². The number of alkyl halides is 3. The van der Waals surface area contributed by atoms with E-state index in [-0.39, 0.29) is 22.8 Å². The summed E-state index contributed by atoms with van der Waals surface area (Å²) in [6, 6.07) is 5.52. The number of amides is 1. The fourth-order valence-corrected chi connectivity index (χ4v) is 6.03. The summed E-state index contributed by atoms with van der Waals surface area (Å²) >= 11 is 1.39. The van der Waals surface area contributed by atoms with Crippen LogP contribution in [-0.4, -0.2) is 55.2 Å². The number of piperidine rings is 1. The number of ether oxygens (including phenoxy) is 1. The van der Waals surface area contributed by atoms with Crippen molar-refractivity contribution in [3.05, 3.63) is 44.9 Å². The summed E-state index contributed by atoms with van der Waals surface area (Å²) in [5.74, 6) is 0.0142. The van der Waals surface area contributed by atoms with Crippen LogP contribution in [0.25, 0.3) is 0 Å². The number of carbonyl (C=O) groups is 1. The van der Waals surface area contributed by atoms with Gasteiger partial charge >= 0.3 is 6.18 Å². The van der Waals surface area contributed by atoms with E-state index in [0.29, 0.717) is 56.4 Å². The normalized spacial score (nSPS) is 22.6. The van der Waals surface area contributed by atoms with E-state index < -0.39 is 11.7 Å². The number of hydrogen-bond donors (Lipinski definition) is 0. The molecule has 10 heteroatoms. The Hall–Kier alpha value is -2.64. The maximum atomic E-state index is 13.5. The first-order chi connectivity index (χ1) is 16.1. The quantitative estimate of drug-likeness (QED) is 0.608. The highest BCUT2D eigenvalue weighted by Gasteiger charge is 2.51. The van der Waals surface area contributed by atoms with Gasteiger partial charge in [-0.15, -0.1) is 11.3 Å². The second kappa shape index (κ2) is 9.19. The van der Waals surface area contributed by atoms with E-state index in [0.717, 1.165) is 16.8 Å². The van der Waals surface area contributed by atoms with Crippen molar-refractivity contribution in [1.29, 1.82) is 5.26 Å². The van der Waals surface area contributed by atoms with Gasteiger partial charge in [0.25, 0.3) is 5.91 Å². The number of rotatable bonds is 5. The van der Waals surface area contributed by atoms with Crippen LogP contribution >= 0.6 is 11.3 Å². The molecule has 1 amide bonds. The Morgan fingerprint density at radius 1 is 1.35 bits per heavy atom. The van der Waals surface area contributed by atoms with Crippen molar-refractivity contribution >= 4 is 22.9 Å². The molecule has 1 aromatic carbocycles. The molecule has 0 unspecified atom stereocenters. The molecule has 1 aromatic heterocycles. The van der Waals surface area contributed by atoms with Crippen LogP contribution < -0.4 is 4.90 Å². The number of thiazole rings is 1.